The van der Waals surface area contributed by atoms with Crippen LogP contribution in [-0.4, -0.2) is 23.8 Å². The normalized spacial score (nSPS) is 18.1. The number of hydrogen-bond acceptors (Lipinski definition) is 5. The summed E-state index contributed by atoms with van der Waals surface area (Å²) in [7, 11) is 1.68. The van der Waals surface area contributed by atoms with E-state index in [1.807, 2.05) is 51.1 Å². The van der Waals surface area contributed by atoms with E-state index in [1.165, 1.54) is 0 Å². The van der Waals surface area contributed by atoms with Crippen LogP contribution in [0.15, 0.2) is 70.6 Å². The van der Waals surface area contributed by atoms with Gasteiger partial charge in [0.1, 0.15) is 17.3 Å². The van der Waals surface area contributed by atoms with Crippen molar-refractivity contribution < 1.29 is 9.84 Å². The molecule has 0 saturated carbocycles. The molecule has 152 valence electrons. The number of ether oxygens (including phenoxy) is 1. The predicted octanol–water partition coefficient (Wildman–Crippen LogP) is 4.72. The van der Waals surface area contributed by atoms with Gasteiger partial charge in [-0.25, -0.2) is 9.98 Å². The molecular formula is C25H25N3O2. The molecule has 3 aromatic carbocycles. The molecule has 4 rings (SSSR count). The minimum atomic E-state index is -0.956. The minimum Gasteiger partial charge on any atom is -0.508 e. The van der Waals surface area contributed by atoms with Gasteiger partial charge in [0.2, 0.25) is 5.66 Å². The van der Waals surface area contributed by atoms with E-state index in [9.17, 15) is 5.11 Å². The van der Waals surface area contributed by atoms with Crippen LogP contribution in [0.5, 0.6) is 11.5 Å². The number of aliphatic imine (C=N–C) groups is 2. The van der Waals surface area contributed by atoms with Gasteiger partial charge in [-0.15, -0.1) is 0 Å². The molecule has 0 saturated heterocycles. The lowest BCUT2D eigenvalue weighted by Crippen LogP contribution is -2.23. The largest absolute Gasteiger partial charge is 0.508 e. The van der Waals surface area contributed by atoms with Crippen LogP contribution in [0.1, 0.15) is 29.2 Å². The fraction of sp³-hybridized carbons (Fsp3) is 0.200. The molecule has 1 unspecified atom stereocenters. The Morgan fingerprint density at radius 1 is 0.833 bits per heavy atom. The fourth-order valence-electron chi connectivity index (χ4n) is 4.08. The number of hydrogen-bond donors (Lipinski definition) is 2. The van der Waals surface area contributed by atoms with Crippen molar-refractivity contribution in [2.75, 3.05) is 7.11 Å². The second kappa shape index (κ2) is 7.34. The third kappa shape index (κ3) is 3.22. The van der Waals surface area contributed by atoms with Gasteiger partial charge in [-0.1, -0.05) is 30.3 Å². The van der Waals surface area contributed by atoms with Gasteiger partial charge < -0.3 is 15.6 Å². The molecule has 5 nitrogen and oxygen atoms in total. The number of nitrogens with two attached hydrogens (primary N) is 1. The Kier molecular flexibility index (Phi) is 4.82. The second-order valence-corrected chi connectivity index (χ2v) is 7.64. The van der Waals surface area contributed by atoms with Gasteiger partial charge in [0, 0.05) is 11.1 Å². The van der Waals surface area contributed by atoms with Crippen LogP contribution < -0.4 is 10.5 Å². The Labute approximate surface area is 176 Å². The second-order valence-electron chi connectivity index (χ2n) is 7.64. The summed E-state index contributed by atoms with van der Waals surface area (Å²) in [5.41, 5.74) is 11.7. The zero-order valence-corrected chi connectivity index (χ0v) is 17.6. The molecule has 1 aliphatic rings. The zero-order chi connectivity index (χ0) is 21.5. The van der Waals surface area contributed by atoms with E-state index in [1.54, 1.807) is 19.2 Å². The Morgan fingerprint density at radius 3 is 2.03 bits per heavy atom. The van der Waals surface area contributed by atoms with E-state index in [0.29, 0.717) is 11.5 Å². The maximum Gasteiger partial charge on any atom is 0.204 e. The average Bonchev–Trinajstić information content (AvgIpc) is 3.03. The first-order valence-electron chi connectivity index (χ1n) is 9.82. The standard InChI is InChI=1S/C25H25N3O2/c1-15-11-21(12-16(2)23(15)30-4)25(27-17(3)24(26)28-25)20-9-5-7-18(13-20)19-8-6-10-22(29)14-19/h5-14,29H,1-4H3,(H2,26,28). The number of phenols is 1. The Balaban J connectivity index is 1.94. The number of aromatic hydroxyl groups is 1. The smallest absolute Gasteiger partial charge is 0.204 e. The number of methoxy groups -OCH3 is 1. The number of rotatable bonds is 4. The fourth-order valence-corrected chi connectivity index (χ4v) is 4.08. The maximum absolute atomic E-state index is 9.89. The summed E-state index contributed by atoms with van der Waals surface area (Å²) in [6.07, 6.45) is 0. The first-order valence-corrected chi connectivity index (χ1v) is 9.82. The van der Waals surface area contributed by atoms with Gasteiger partial charge in [0.25, 0.3) is 0 Å². The van der Waals surface area contributed by atoms with Crippen LogP contribution in [0.25, 0.3) is 11.1 Å². The van der Waals surface area contributed by atoms with E-state index in [-0.39, 0.29) is 5.75 Å². The quantitative estimate of drug-likeness (QED) is 0.666. The molecule has 0 radical (unpaired) electrons. The van der Waals surface area contributed by atoms with Crippen molar-refractivity contribution in [3.05, 3.63) is 82.9 Å². The Hall–Kier alpha value is -3.60. The van der Waals surface area contributed by atoms with E-state index >= 15 is 0 Å². The molecule has 0 bridgehead atoms. The molecule has 1 atom stereocenters. The van der Waals surface area contributed by atoms with E-state index in [0.717, 1.165) is 39.1 Å². The molecule has 0 amide bonds. The summed E-state index contributed by atoms with van der Waals surface area (Å²) in [6, 6.07) is 19.4. The summed E-state index contributed by atoms with van der Waals surface area (Å²) in [5, 5.41) is 9.89. The summed E-state index contributed by atoms with van der Waals surface area (Å²) >= 11 is 0. The molecule has 0 aromatic heterocycles. The van der Waals surface area contributed by atoms with Crippen LogP contribution in [0.3, 0.4) is 0 Å². The molecule has 0 spiro atoms. The van der Waals surface area contributed by atoms with E-state index in [2.05, 4.69) is 18.2 Å². The van der Waals surface area contributed by atoms with Crippen LogP contribution in [-0.2, 0) is 5.66 Å². The highest BCUT2D eigenvalue weighted by atomic mass is 16.5. The SMILES string of the molecule is COc1c(C)cc(C2(c3cccc(-c4cccc(O)c4)c3)N=C(C)C(N)=N2)cc1C. The molecule has 0 fully saturated rings. The lowest BCUT2D eigenvalue weighted by atomic mass is 9.88. The molecular weight excluding hydrogens is 374 g/mol. The van der Waals surface area contributed by atoms with Gasteiger partial charge >= 0.3 is 0 Å². The van der Waals surface area contributed by atoms with Crippen molar-refractivity contribution in [1.82, 2.24) is 0 Å². The van der Waals surface area contributed by atoms with Crippen molar-refractivity contribution in [2.24, 2.45) is 15.7 Å². The molecule has 3 aromatic rings. The lowest BCUT2D eigenvalue weighted by molar-refractivity contribution is 0.408. The number of phenolic OH excluding ortho intramolecular Hbond substituents is 1. The summed E-state index contributed by atoms with van der Waals surface area (Å²) in [6.45, 7) is 5.92. The van der Waals surface area contributed by atoms with Gasteiger partial charge in [0.05, 0.1) is 12.8 Å². The van der Waals surface area contributed by atoms with Crippen molar-refractivity contribution in [3.8, 4) is 22.6 Å². The highest BCUT2D eigenvalue weighted by molar-refractivity contribution is 6.41. The first-order chi connectivity index (χ1) is 14.3. The zero-order valence-electron chi connectivity index (χ0n) is 17.6. The number of amidine groups is 1. The highest BCUT2D eigenvalue weighted by Crippen LogP contribution is 2.42. The molecule has 1 heterocycles. The number of benzene rings is 3. The van der Waals surface area contributed by atoms with Crippen LogP contribution in [0, 0.1) is 13.8 Å². The number of nitrogens with zero attached hydrogens (tertiary/aromatic N) is 2. The minimum absolute atomic E-state index is 0.228. The summed E-state index contributed by atoms with van der Waals surface area (Å²) < 4.78 is 5.54. The van der Waals surface area contributed by atoms with Crippen molar-refractivity contribution in [2.45, 2.75) is 26.4 Å². The summed E-state index contributed by atoms with van der Waals surface area (Å²) in [4.78, 5) is 9.76. The van der Waals surface area contributed by atoms with Gasteiger partial charge in [-0.05, 0) is 73.4 Å². The van der Waals surface area contributed by atoms with Gasteiger partial charge in [-0.3, -0.25) is 0 Å². The topological polar surface area (TPSA) is 80.2 Å². The Morgan fingerprint density at radius 2 is 1.47 bits per heavy atom. The molecule has 30 heavy (non-hydrogen) atoms. The average molecular weight is 399 g/mol. The number of aryl methyl sites for hydroxylation is 2. The van der Waals surface area contributed by atoms with Crippen molar-refractivity contribution in [3.63, 3.8) is 0 Å². The van der Waals surface area contributed by atoms with Crippen LogP contribution >= 0.6 is 0 Å². The van der Waals surface area contributed by atoms with E-state index < -0.39 is 5.66 Å². The molecule has 3 N–H and O–H groups in total. The van der Waals surface area contributed by atoms with Crippen LogP contribution in [0.2, 0.25) is 0 Å². The van der Waals surface area contributed by atoms with E-state index in [4.69, 9.17) is 20.5 Å². The molecule has 0 aliphatic carbocycles. The summed E-state index contributed by atoms with van der Waals surface area (Å²) in [5.74, 6) is 1.52. The Bertz CT molecular complexity index is 1150. The molecule has 5 heteroatoms. The van der Waals surface area contributed by atoms with Crippen molar-refractivity contribution in [1.29, 1.82) is 0 Å². The predicted molar refractivity (Wildman–Crippen MR) is 122 cm³/mol. The third-order valence-corrected chi connectivity index (χ3v) is 5.49. The maximum atomic E-state index is 9.89. The van der Waals surface area contributed by atoms with Gasteiger partial charge in [0.15, 0.2) is 0 Å². The highest BCUT2D eigenvalue weighted by Gasteiger charge is 2.39. The van der Waals surface area contributed by atoms with Crippen molar-refractivity contribution >= 4 is 11.5 Å². The van der Waals surface area contributed by atoms with Gasteiger partial charge in [-0.2, -0.15) is 0 Å². The third-order valence-electron chi connectivity index (χ3n) is 5.49. The monoisotopic (exact) mass is 399 g/mol. The lowest BCUT2D eigenvalue weighted by Gasteiger charge is -2.26. The first kappa shape index (κ1) is 19.7. The van der Waals surface area contributed by atoms with Crippen LogP contribution in [0.4, 0.5) is 0 Å². The molecule has 1 aliphatic heterocycles.